The molecule has 0 aliphatic rings. The van der Waals surface area contributed by atoms with Gasteiger partial charge in [0, 0.05) is 0 Å². The Morgan fingerprint density at radius 1 is 0.316 bits per heavy atom. The van der Waals surface area contributed by atoms with Crippen LogP contribution in [0.2, 0.25) is 0 Å². The summed E-state index contributed by atoms with van der Waals surface area (Å²) in [5, 5.41) is 0. The monoisotopic (exact) mass is 340 g/mol. The molecule has 0 aliphatic carbocycles. The van der Waals surface area contributed by atoms with Crippen molar-refractivity contribution in [1.29, 1.82) is 0 Å². The van der Waals surface area contributed by atoms with Crippen molar-refractivity contribution in [1.82, 2.24) is 0 Å². The van der Waals surface area contributed by atoms with E-state index in [2.05, 4.69) is 6.92 Å². The van der Waals surface area contributed by atoms with Gasteiger partial charge in [0.15, 0.2) is 0 Å². The summed E-state index contributed by atoms with van der Waals surface area (Å²) in [6.07, 6.45) is 0. The van der Waals surface area contributed by atoms with Crippen molar-refractivity contribution < 1.29 is 0 Å². The molecule has 0 aliphatic heterocycles. The summed E-state index contributed by atoms with van der Waals surface area (Å²) in [7, 11) is 0. The summed E-state index contributed by atoms with van der Waals surface area (Å²) in [5.41, 5.74) is 0. The van der Waals surface area contributed by atoms with E-state index in [-0.39, 0.29) is 220 Å². The van der Waals surface area contributed by atoms with Crippen molar-refractivity contribution >= 4 is 138 Å². The summed E-state index contributed by atoms with van der Waals surface area (Å²) in [4.78, 5) is 0. The molecule has 0 heterocycles. The van der Waals surface area contributed by atoms with E-state index in [9.17, 15) is 0 Å². The molecule has 19 heavy (non-hydrogen) atoms. The van der Waals surface area contributed by atoms with Crippen LogP contribution in [0, 0.1) is 73.8 Å². The molecule has 0 spiro atoms. The first-order chi connectivity index (χ1) is 1.00. The molecule has 0 radical (unpaired) electrons. The van der Waals surface area contributed by atoms with Gasteiger partial charge in [0.2, 0.25) is 0 Å². The van der Waals surface area contributed by atoms with E-state index in [1.54, 1.807) is 6.92 Å². The molecule has 0 aromatic rings. The predicted molar refractivity (Wildman–Crippen MR) is 117 cm³/mol. The van der Waals surface area contributed by atoms with Crippen molar-refractivity contribution in [2.75, 3.05) is 0 Å². The Bertz CT molecular complexity index is 17.1. The Balaban J connectivity index is -0.0000000000368. The zero-order chi connectivity index (χ0) is 2.00. The number of hydrogen-bond donors (Lipinski definition) is 0. The van der Waals surface area contributed by atoms with Crippen molar-refractivity contribution in [3.63, 3.8) is 0 Å². The van der Waals surface area contributed by atoms with Gasteiger partial charge in [-0.3, -0.25) is 0 Å². The van der Waals surface area contributed by atoms with Crippen LogP contribution in [0.25, 0.3) is 0 Å². The quantitative estimate of drug-likeness (QED) is 0.463. The minimum absolute atomic E-state index is 0. The first-order valence-corrected chi connectivity index (χ1v) is 0.707. The maximum atomic E-state index is 3.25. The first kappa shape index (κ1) is 385. The zero-order valence-electron chi connectivity index (χ0n) is 14.9. The van der Waals surface area contributed by atoms with Crippen LogP contribution in [0.4, 0.5) is 0 Å². The van der Waals surface area contributed by atoms with Crippen LogP contribution in [0.3, 0.4) is 0 Å². The van der Waals surface area contributed by atoms with Gasteiger partial charge in [-0.1, -0.05) is 14.9 Å². The van der Waals surface area contributed by atoms with Gasteiger partial charge in [-0.15, -0.1) is 0 Å². The smallest absolute Gasteiger partial charge is 0.358 e. The van der Waals surface area contributed by atoms with Crippen molar-refractivity contribution in [3.8, 4) is 0 Å². The third-order valence-electron chi connectivity index (χ3n) is 0. The second kappa shape index (κ2) is 499. The summed E-state index contributed by atoms with van der Waals surface area (Å²) in [5.74, 6) is 0. The third kappa shape index (κ3) is 454. The molecule has 0 nitrogen and oxygen atoms in total. The molecule has 0 aromatic carbocycles. The third-order valence-corrected chi connectivity index (χ3v) is 0. The summed E-state index contributed by atoms with van der Waals surface area (Å²) < 4.78 is 0. The van der Waals surface area contributed by atoms with Crippen LogP contribution in [0.5, 0.6) is 0 Å². The Labute approximate surface area is 230 Å². The molecular weight excluding hydrogens is 302 g/mol. The van der Waals surface area contributed by atoms with Crippen molar-refractivity contribution in [3.05, 3.63) is 73.8 Å². The summed E-state index contributed by atoms with van der Waals surface area (Å²) in [6.45, 7) is 5.00. The normalized spacial score (nSPS) is 0.316. The molecular formula is C13H40Mg6+2. The van der Waals surface area contributed by atoms with E-state index in [1.807, 2.05) is 0 Å². The Hall–Kier alpha value is 4.60. The van der Waals surface area contributed by atoms with Crippen LogP contribution in [-0.4, -0.2) is 138 Å². The zero-order valence-corrected chi connectivity index (χ0v) is 23.4. The van der Waals surface area contributed by atoms with Crippen LogP contribution in [0.1, 0.15) is 21.8 Å². The average Bonchev–Trinajstić information content (AvgIpc) is 1.00. The first-order valence-electron chi connectivity index (χ1n) is 0.707. The largest absolute Gasteiger partial charge is 2.00 e. The Morgan fingerprint density at radius 2 is 0.316 bits per heavy atom. The fourth-order valence-electron chi connectivity index (χ4n) is 0. The molecule has 0 unspecified atom stereocenters. The average molecular weight is 342 g/mol. The second-order valence-corrected chi connectivity index (χ2v) is 0. The van der Waals surface area contributed by atoms with Gasteiger partial charge in [0.1, 0.15) is 0 Å². The van der Waals surface area contributed by atoms with E-state index in [0.29, 0.717) is 0 Å². The Morgan fingerprint density at radius 3 is 0.316 bits per heavy atom. The standard InChI is InChI=1S/C2H5.2CH4.9CH3.6Mg/c1-2;;;;;;;;;;;;;;;;;/h1H2,2H3;2*1H4;9*1H3;;;;;;/q-1;;;9*-1;6*+2. The van der Waals surface area contributed by atoms with Gasteiger partial charge in [0.05, 0.1) is 0 Å². The van der Waals surface area contributed by atoms with Crippen molar-refractivity contribution in [2.45, 2.75) is 21.8 Å². The molecule has 0 rings (SSSR count). The van der Waals surface area contributed by atoms with E-state index in [1.165, 1.54) is 0 Å². The topological polar surface area (TPSA) is 0 Å². The van der Waals surface area contributed by atoms with Crippen LogP contribution >= 0.6 is 0 Å². The van der Waals surface area contributed by atoms with Gasteiger partial charge < -0.3 is 73.8 Å². The molecule has 0 N–H and O–H groups in total. The minimum Gasteiger partial charge on any atom is -0.358 e. The van der Waals surface area contributed by atoms with E-state index in [4.69, 9.17) is 0 Å². The molecule has 0 bridgehead atoms. The second-order valence-electron chi connectivity index (χ2n) is 0. The molecule has 102 valence electrons. The molecule has 0 aromatic heterocycles. The van der Waals surface area contributed by atoms with E-state index >= 15 is 0 Å². The van der Waals surface area contributed by atoms with Gasteiger partial charge in [-0.05, 0) is 0 Å². The maximum Gasteiger partial charge on any atom is 2.00 e. The summed E-state index contributed by atoms with van der Waals surface area (Å²) in [6, 6.07) is 0. The summed E-state index contributed by atoms with van der Waals surface area (Å²) >= 11 is 0. The maximum absolute atomic E-state index is 3.25. The Kier molecular flexibility index (Phi) is 10100. The molecule has 0 saturated heterocycles. The fourth-order valence-corrected chi connectivity index (χ4v) is 0. The van der Waals surface area contributed by atoms with E-state index < -0.39 is 0 Å². The van der Waals surface area contributed by atoms with Crippen LogP contribution in [-0.2, 0) is 0 Å². The van der Waals surface area contributed by atoms with Gasteiger partial charge in [-0.2, -0.15) is 6.92 Å². The predicted octanol–water partition coefficient (Wildman–Crippen LogP) is 3.88. The van der Waals surface area contributed by atoms with Gasteiger partial charge >= 0.3 is 138 Å². The van der Waals surface area contributed by atoms with Crippen LogP contribution in [0.15, 0.2) is 0 Å². The minimum atomic E-state index is 0. The SMILES string of the molecule is C.C.[CH2-]C.[CH3-].[CH3-].[CH3-].[CH3-].[CH3-].[CH3-].[CH3-].[CH3-].[CH3-].[Mg+2].[Mg+2].[Mg+2].[Mg+2].[Mg+2].[Mg+2]. The van der Waals surface area contributed by atoms with Gasteiger partial charge in [0.25, 0.3) is 0 Å². The number of hydrogen-bond acceptors (Lipinski definition) is 0. The molecule has 0 fully saturated rings. The molecule has 0 saturated carbocycles. The number of rotatable bonds is 0. The molecule has 0 atom stereocenters. The molecule has 6 heteroatoms. The van der Waals surface area contributed by atoms with Crippen molar-refractivity contribution in [2.24, 2.45) is 0 Å². The van der Waals surface area contributed by atoms with E-state index in [0.717, 1.165) is 0 Å². The fraction of sp³-hybridized carbons (Fsp3) is 0.231. The van der Waals surface area contributed by atoms with Crippen LogP contribution < -0.4 is 0 Å². The molecule has 0 amide bonds. The van der Waals surface area contributed by atoms with Gasteiger partial charge in [-0.25, -0.2) is 0 Å².